The van der Waals surface area contributed by atoms with Crippen LogP contribution in [0.5, 0.6) is 5.75 Å². The summed E-state index contributed by atoms with van der Waals surface area (Å²) in [6, 6.07) is 11.7. The van der Waals surface area contributed by atoms with E-state index in [1.165, 1.54) is 5.56 Å². The average molecular weight is 346 g/mol. The molecule has 1 fully saturated rings. The van der Waals surface area contributed by atoms with Gasteiger partial charge in [0.2, 0.25) is 0 Å². The van der Waals surface area contributed by atoms with Crippen LogP contribution in [0.3, 0.4) is 0 Å². The molecule has 2 heterocycles. The Balaban J connectivity index is 1.59. The highest BCUT2D eigenvalue weighted by Crippen LogP contribution is 2.40. The van der Waals surface area contributed by atoms with Crippen molar-refractivity contribution in [1.82, 2.24) is 4.90 Å². The van der Waals surface area contributed by atoms with E-state index in [-0.39, 0.29) is 11.5 Å². The van der Waals surface area contributed by atoms with Gasteiger partial charge in [0.05, 0.1) is 6.10 Å². The third-order valence-corrected chi connectivity index (χ3v) is 6.64. The van der Waals surface area contributed by atoms with Crippen molar-refractivity contribution in [2.24, 2.45) is 5.92 Å². The molecule has 4 heteroatoms. The lowest BCUT2D eigenvalue weighted by Gasteiger charge is -2.45. The predicted molar refractivity (Wildman–Crippen MR) is 99.6 cm³/mol. The second kappa shape index (κ2) is 7.26. The van der Waals surface area contributed by atoms with E-state index >= 15 is 0 Å². The van der Waals surface area contributed by atoms with Crippen molar-refractivity contribution in [3.05, 3.63) is 52.2 Å². The van der Waals surface area contributed by atoms with Gasteiger partial charge in [-0.05, 0) is 59.9 Å². The first kappa shape index (κ1) is 17.5. The van der Waals surface area contributed by atoms with Gasteiger partial charge in [-0.15, -0.1) is 11.3 Å². The predicted octanol–water partition coefficient (Wildman–Crippen LogP) is 4.18. The molecule has 1 saturated heterocycles. The lowest BCUT2D eigenvalue weighted by Crippen LogP contribution is -2.47. The maximum absolute atomic E-state index is 10.3. The van der Waals surface area contributed by atoms with Crippen LogP contribution in [0.1, 0.15) is 43.2 Å². The topological polar surface area (TPSA) is 43.7 Å². The molecule has 0 aliphatic carbocycles. The maximum Gasteiger partial charge on any atom is 0.115 e. The van der Waals surface area contributed by atoms with E-state index in [1.807, 2.05) is 29.6 Å². The fourth-order valence-electron chi connectivity index (χ4n) is 3.74. The minimum absolute atomic E-state index is 0.0988. The van der Waals surface area contributed by atoms with Gasteiger partial charge in [0.15, 0.2) is 0 Å². The molecule has 3 atom stereocenters. The Hall–Kier alpha value is -1.36. The average Bonchev–Trinajstić information content (AvgIpc) is 3.10. The van der Waals surface area contributed by atoms with E-state index in [2.05, 4.69) is 24.8 Å². The Kier molecular flexibility index (Phi) is 5.28. The molecule has 0 bridgehead atoms. The summed E-state index contributed by atoms with van der Waals surface area (Å²) in [6.45, 7) is 7.60. The molecule has 1 aliphatic rings. The van der Waals surface area contributed by atoms with Crippen molar-refractivity contribution >= 4 is 11.3 Å². The quantitative estimate of drug-likeness (QED) is 0.854. The van der Waals surface area contributed by atoms with Crippen LogP contribution >= 0.6 is 11.3 Å². The second-order valence-electron chi connectivity index (χ2n) is 7.24. The van der Waals surface area contributed by atoms with Crippen LogP contribution in [0.4, 0.5) is 0 Å². The fourth-order valence-corrected chi connectivity index (χ4v) is 4.48. The number of thiophene rings is 1. The number of piperidine rings is 1. The van der Waals surface area contributed by atoms with Crippen LogP contribution in [-0.2, 0) is 5.41 Å². The summed E-state index contributed by atoms with van der Waals surface area (Å²) in [7, 11) is 0. The Morgan fingerprint density at radius 1 is 1.33 bits per heavy atom. The zero-order valence-corrected chi connectivity index (χ0v) is 15.3. The summed E-state index contributed by atoms with van der Waals surface area (Å²) in [4.78, 5) is 3.52. The summed E-state index contributed by atoms with van der Waals surface area (Å²) in [6.07, 6.45) is 1.52. The van der Waals surface area contributed by atoms with Gasteiger partial charge in [-0.2, -0.15) is 0 Å². The van der Waals surface area contributed by atoms with E-state index in [0.29, 0.717) is 11.7 Å². The van der Waals surface area contributed by atoms with E-state index in [4.69, 9.17) is 0 Å². The van der Waals surface area contributed by atoms with E-state index < -0.39 is 0 Å². The molecule has 0 unspecified atom stereocenters. The second-order valence-corrected chi connectivity index (χ2v) is 8.22. The molecule has 3 rings (SSSR count). The summed E-state index contributed by atoms with van der Waals surface area (Å²) in [5.74, 6) is 0.856. The van der Waals surface area contributed by atoms with E-state index in [0.717, 1.165) is 37.4 Å². The number of aliphatic hydroxyl groups is 1. The van der Waals surface area contributed by atoms with Crippen LogP contribution in [0, 0.1) is 5.92 Å². The number of likely N-dealkylation sites (tertiary alicyclic amines) is 1. The number of aliphatic hydroxyl groups excluding tert-OH is 1. The molecule has 24 heavy (non-hydrogen) atoms. The highest BCUT2D eigenvalue weighted by atomic mass is 32.1. The van der Waals surface area contributed by atoms with Crippen molar-refractivity contribution in [3.63, 3.8) is 0 Å². The molecular weight excluding hydrogens is 318 g/mol. The minimum atomic E-state index is -0.348. The number of aromatic hydroxyl groups is 1. The van der Waals surface area contributed by atoms with Gasteiger partial charge < -0.3 is 15.1 Å². The monoisotopic (exact) mass is 345 g/mol. The van der Waals surface area contributed by atoms with Crippen molar-refractivity contribution < 1.29 is 10.2 Å². The zero-order chi connectivity index (χ0) is 17.2. The largest absolute Gasteiger partial charge is 0.508 e. The minimum Gasteiger partial charge on any atom is -0.508 e. The first-order chi connectivity index (χ1) is 11.5. The molecule has 1 aromatic carbocycles. The summed E-state index contributed by atoms with van der Waals surface area (Å²) in [5, 5.41) is 22.1. The molecule has 2 aromatic rings. The highest BCUT2D eigenvalue weighted by Gasteiger charge is 2.38. The van der Waals surface area contributed by atoms with Crippen molar-refractivity contribution in [3.8, 4) is 5.75 Å². The van der Waals surface area contributed by atoms with Gasteiger partial charge in [0.1, 0.15) is 5.75 Å². The molecule has 1 aliphatic heterocycles. The van der Waals surface area contributed by atoms with Gasteiger partial charge in [0.25, 0.3) is 0 Å². The smallest absolute Gasteiger partial charge is 0.115 e. The summed E-state index contributed by atoms with van der Waals surface area (Å²) < 4.78 is 0. The van der Waals surface area contributed by atoms with Crippen molar-refractivity contribution in [2.75, 3.05) is 19.6 Å². The molecule has 0 spiro atoms. The van der Waals surface area contributed by atoms with Gasteiger partial charge in [0, 0.05) is 18.0 Å². The number of hydrogen-bond donors (Lipinski definition) is 2. The number of benzene rings is 1. The Labute approximate surface area is 148 Å². The third kappa shape index (κ3) is 3.66. The van der Waals surface area contributed by atoms with Gasteiger partial charge >= 0.3 is 0 Å². The first-order valence-corrected chi connectivity index (χ1v) is 9.60. The van der Waals surface area contributed by atoms with E-state index in [9.17, 15) is 10.2 Å². The number of nitrogens with zero attached hydrogens (tertiary/aromatic N) is 1. The molecule has 0 amide bonds. The van der Waals surface area contributed by atoms with Crippen molar-refractivity contribution in [1.29, 1.82) is 0 Å². The summed E-state index contributed by atoms with van der Waals surface area (Å²) >= 11 is 1.62. The molecule has 3 nitrogen and oxygen atoms in total. The van der Waals surface area contributed by atoms with Crippen LogP contribution in [-0.4, -0.2) is 34.7 Å². The Bertz CT molecular complexity index is 657. The number of hydrogen-bond acceptors (Lipinski definition) is 4. The maximum atomic E-state index is 10.3. The zero-order valence-electron chi connectivity index (χ0n) is 14.5. The number of rotatable bonds is 5. The molecule has 0 radical (unpaired) electrons. The third-order valence-electron chi connectivity index (χ3n) is 5.66. The normalized spacial score (nSPS) is 26.4. The molecular formula is C20H27NO2S. The van der Waals surface area contributed by atoms with Gasteiger partial charge in [-0.3, -0.25) is 0 Å². The lowest BCUT2D eigenvalue weighted by molar-refractivity contribution is 0.0877. The molecule has 2 N–H and O–H groups in total. The van der Waals surface area contributed by atoms with Crippen LogP contribution in [0.25, 0.3) is 0 Å². The highest BCUT2D eigenvalue weighted by molar-refractivity contribution is 7.10. The molecule has 1 aromatic heterocycles. The first-order valence-electron chi connectivity index (χ1n) is 8.72. The summed E-state index contributed by atoms with van der Waals surface area (Å²) in [5.41, 5.74) is 1.33. The fraction of sp³-hybridized carbons (Fsp3) is 0.500. The van der Waals surface area contributed by atoms with Crippen LogP contribution < -0.4 is 0 Å². The number of phenols is 1. The number of phenolic OH excluding ortho intramolecular Hbond substituents is 1. The standard InChI is InChI=1S/C20H27NO2S/c1-15-14-21(10-8-18(23)19-7-4-12-24-19)11-9-20(15,2)16-5-3-6-17(22)13-16/h3-7,12-13,15,18,22-23H,8-11,14H2,1-2H3/t15-,18+,20-/m0/s1. The van der Waals surface area contributed by atoms with Crippen LogP contribution in [0.2, 0.25) is 0 Å². The van der Waals surface area contributed by atoms with Crippen molar-refractivity contribution in [2.45, 2.75) is 38.2 Å². The molecule has 130 valence electrons. The Morgan fingerprint density at radius 2 is 2.17 bits per heavy atom. The van der Waals surface area contributed by atoms with E-state index in [1.54, 1.807) is 17.4 Å². The van der Waals surface area contributed by atoms with Crippen LogP contribution in [0.15, 0.2) is 41.8 Å². The van der Waals surface area contributed by atoms with Gasteiger partial charge in [-0.25, -0.2) is 0 Å². The van der Waals surface area contributed by atoms with Gasteiger partial charge in [-0.1, -0.05) is 32.0 Å². The Morgan fingerprint density at radius 3 is 2.83 bits per heavy atom. The molecule has 0 saturated carbocycles. The SMILES string of the molecule is C[C@H]1CN(CC[C@@H](O)c2cccs2)CC[C@]1(C)c1cccc(O)c1. The lowest BCUT2D eigenvalue weighted by atomic mass is 9.68.